The summed E-state index contributed by atoms with van der Waals surface area (Å²) in [6, 6.07) is 3.47. The van der Waals surface area contributed by atoms with E-state index < -0.39 is 5.91 Å². The first kappa shape index (κ1) is 9.55. The van der Waals surface area contributed by atoms with Crippen molar-refractivity contribution in [2.75, 3.05) is 0 Å². The summed E-state index contributed by atoms with van der Waals surface area (Å²) in [6.07, 6.45) is 0. The van der Waals surface area contributed by atoms with E-state index in [0.717, 1.165) is 5.56 Å². The van der Waals surface area contributed by atoms with Crippen LogP contribution in [0.1, 0.15) is 15.9 Å². The number of carbonyl (C=O) groups is 1. The number of hydrogen-bond acceptors (Lipinski definition) is 1. The molecule has 1 amide bonds. The SMILES string of the molecule is Cc1ccc(Cl)c(C(N)=O)c1Br. The lowest BCUT2D eigenvalue weighted by Gasteiger charge is -2.04. The van der Waals surface area contributed by atoms with E-state index in [1.54, 1.807) is 6.07 Å². The van der Waals surface area contributed by atoms with Crippen LogP contribution in [0, 0.1) is 6.92 Å². The zero-order valence-corrected chi connectivity index (χ0v) is 8.74. The molecule has 0 spiro atoms. The molecule has 0 radical (unpaired) electrons. The predicted molar refractivity (Wildman–Crippen MR) is 52.4 cm³/mol. The predicted octanol–water partition coefficient (Wildman–Crippen LogP) is 2.51. The van der Waals surface area contributed by atoms with Crippen LogP contribution in [0.4, 0.5) is 0 Å². The molecule has 2 nitrogen and oxygen atoms in total. The van der Waals surface area contributed by atoms with Gasteiger partial charge in [0.05, 0.1) is 10.6 Å². The molecule has 0 aromatic heterocycles. The summed E-state index contributed by atoms with van der Waals surface area (Å²) in [6.45, 7) is 1.87. The summed E-state index contributed by atoms with van der Waals surface area (Å²) >= 11 is 9.01. The highest BCUT2D eigenvalue weighted by Crippen LogP contribution is 2.27. The van der Waals surface area contributed by atoms with Gasteiger partial charge in [-0.3, -0.25) is 4.79 Å². The van der Waals surface area contributed by atoms with E-state index in [1.807, 2.05) is 13.0 Å². The number of nitrogens with two attached hydrogens (primary N) is 1. The number of benzene rings is 1. The highest BCUT2D eigenvalue weighted by Gasteiger charge is 2.12. The van der Waals surface area contributed by atoms with Crippen LogP contribution in [0.15, 0.2) is 16.6 Å². The maximum atomic E-state index is 10.9. The number of halogens is 2. The number of primary amides is 1. The molecule has 0 unspecified atom stereocenters. The van der Waals surface area contributed by atoms with Crippen molar-refractivity contribution in [2.24, 2.45) is 5.73 Å². The van der Waals surface area contributed by atoms with Crippen LogP contribution in [0.2, 0.25) is 5.02 Å². The largest absolute Gasteiger partial charge is 0.366 e. The lowest BCUT2D eigenvalue weighted by molar-refractivity contribution is 0.0999. The lowest BCUT2D eigenvalue weighted by atomic mass is 10.1. The molecular formula is C8H7BrClNO. The molecule has 2 N–H and O–H groups in total. The Hall–Kier alpha value is -0.540. The monoisotopic (exact) mass is 247 g/mol. The van der Waals surface area contributed by atoms with E-state index in [0.29, 0.717) is 15.1 Å². The summed E-state index contributed by atoms with van der Waals surface area (Å²) in [7, 11) is 0. The minimum absolute atomic E-state index is 0.344. The zero-order valence-electron chi connectivity index (χ0n) is 6.40. The smallest absolute Gasteiger partial charge is 0.251 e. The maximum absolute atomic E-state index is 10.9. The van der Waals surface area contributed by atoms with Gasteiger partial charge in [0, 0.05) is 4.47 Å². The van der Waals surface area contributed by atoms with E-state index in [9.17, 15) is 4.79 Å². The van der Waals surface area contributed by atoms with Gasteiger partial charge in [-0.2, -0.15) is 0 Å². The standard InChI is InChI=1S/C8H7BrClNO/c1-4-2-3-5(10)6(7(4)9)8(11)12/h2-3H,1H3,(H2,11,12). The second-order valence-electron chi connectivity index (χ2n) is 2.42. The number of amides is 1. The van der Waals surface area contributed by atoms with Gasteiger partial charge in [0.15, 0.2) is 0 Å². The van der Waals surface area contributed by atoms with Gasteiger partial charge in [-0.1, -0.05) is 17.7 Å². The second-order valence-corrected chi connectivity index (χ2v) is 3.62. The Balaban J connectivity index is 3.43. The van der Waals surface area contributed by atoms with Gasteiger partial charge in [0.1, 0.15) is 0 Å². The first-order valence-corrected chi connectivity index (χ1v) is 4.45. The van der Waals surface area contributed by atoms with Crippen LogP contribution in [0.25, 0.3) is 0 Å². The van der Waals surface area contributed by atoms with E-state index in [1.165, 1.54) is 0 Å². The average Bonchev–Trinajstić information content (AvgIpc) is 1.97. The van der Waals surface area contributed by atoms with Crippen molar-refractivity contribution in [1.29, 1.82) is 0 Å². The van der Waals surface area contributed by atoms with Crippen molar-refractivity contribution in [3.8, 4) is 0 Å². The molecule has 0 saturated heterocycles. The quantitative estimate of drug-likeness (QED) is 0.815. The van der Waals surface area contributed by atoms with Gasteiger partial charge in [-0.25, -0.2) is 0 Å². The van der Waals surface area contributed by atoms with Crippen molar-refractivity contribution in [3.63, 3.8) is 0 Å². The third kappa shape index (κ3) is 1.62. The van der Waals surface area contributed by atoms with Crippen LogP contribution < -0.4 is 5.73 Å². The fourth-order valence-electron chi connectivity index (χ4n) is 0.883. The van der Waals surface area contributed by atoms with E-state index in [-0.39, 0.29) is 0 Å². The first-order chi connectivity index (χ1) is 5.54. The third-order valence-electron chi connectivity index (χ3n) is 1.53. The van der Waals surface area contributed by atoms with E-state index >= 15 is 0 Å². The van der Waals surface area contributed by atoms with Crippen molar-refractivity contribution >= 4 is 33.4 Å². The maximum Gasteiger partial charge on any atom is 0.251 e. The Kier molecular flexibility index (Phi) is 2.75. The molecule has 1 aromatic rings. The molecule has 0 atom stereocenters. The molecule has 0 heterocycles. The molecule has 1 aromatic carbocycles. The van der Waals surface area contributed by atoms with Gasteiger partial charge in [-0.15, -0.1) is 0 Å². The fraction of sp³-hybridized carbons (Fsp3) is 0.125. The van der Waals surface area contributed by atoms with Crippen LogP contribution in [-0.4, -0.2) is 5.91 Å². The van der Waals surface area contributed by atoms with Crippen molar-refractivity contribution < 1.29 is 4.79 Å². The highest BCUT2D eigenvalue weighted by molar-refractivity contribution is 9.10. The number of hydrogen-bond donors (Lipinski definition) is 1. The Labute approximate surface area is 83.8 Å². The Bertz CT molecular complexity index is 338. The molecule has 0 aliphatic carbocycles. The van der Waals surface area contributed by atoms with Crippen molar-refractivity contribution in [2.45, 2.75) is 6.92 Å². The minimum Gasteiger partial charge on any atom is -0.366 e. The Morgan fingerprint density at radius 2 is 2.17 bits per heavy atom. The highest BCUT2D eigenvalue weighted by atomic mass is 79.9. The molecule has 0 aliphatic rings. The lowest BCUT2D eigenvalue weighted by Crippen LogP contribution is -2.12. The van der Waals surface area contributed by atoms with Crippen molar-refractivity contribution in [1.82, 2.24) is 0 Å². The average molecular weight is 249 g/mol. The third-order valence-corrected chi connectivity index (χ3v) is 2.87. The zero-order chi connectivity index (χ0) is 9.30. The molecule has 0 fully saturated rings. The molecular weight excluding hydrogens is 241 g/mol. The molecule has 64 valence electrons. The van der Waals surface area contributed by atoms with Crippen LogP contribution >= 0.6 is 27.5 Å². The van der Waals surface area contributed by atoms with Crippen LogP contribution in [0.5, 0.6) is 0 Å². The molecule has 0 saturated carbocycles. The van der Waals surface area contributed by atoms with Gasteiger partial charge < -0.3 is 5.73 Å². The summed E-state index contributed by atoms with van der Waals surface area (Å²) in [5.74, 6) is -0.518. The van der Waals surface area contributed by atoms with Crippen LogP contribution in [0.3, 0.4) is 0 Å². The molecule has 4 heteroatoms. The molecule has 0 bridgehead atoms. The van der Waals surface area contributed by atoms with Crippen LogP contribution in [-0.2, 0) is 0 Å². The molecule has 1 rings (SSSR count). The molecule has 12 heavy (non-hydrogen) atoms. The van der Waals surface area contributed by atoms with E-state index in [4.69, 9.17) is 17.3 Å². The summed E-state index contributed by atoms with van der Waals surface area (Å²) in [4.78, 5) is 10.9. The Morgan fingerprint density at radius 3 is 2.58 bits per heavy atom. The topological polar surface area (TPSA) is 43.1 Å². The fourth-order valence-corrected chi connectivity index (χ4v) is 1.79. The van der Waals surface area contributed by atoms with Gasteiger partial charge in [0.2, 0.25) is 0 Å². The summed E-state index contributed by atoms with van der Waals surface area (Å²) in [5, 5.41) is 0.375. The number of carbonyl (C=O) groups excluding carboxylic acids is 1. The number of rotatable bonds is 1. The van der Waals surface area contributed by atoms with E-state index in [2.05, 4.69) is 15.9 Å². The first-order valence-electron chi connectivity index (χ1n) is 3.28. The van der Waals surface area contributed by atoms with Gasteiger partial charge in [0.25, 0.3) is 5.91 Å². The minimum atomic E-state index is -0.518. The Morgan fingerprint density at radius 1 is 1.58 bits per heavy atom. The summed E-state index contributed by atoms with van der Waals surface area (Å²) < 4.78 is 0.669. The normalized spacial score (nSPS) is 9.92. The second kappa shape index (κ2) is 3.46. The summed E-state index contributed by atoms with van der Waals surface area (Å²) in [5.41, 5.74) is 6.41. The number of aryl methyl sites for hydroxylation is 1. The molecule has 0 aliphatic heterocycles. The van der Waals surface area contributed by atoms with Gasteiger partial charge >= 0.3 is 0 Å². The van der Waals surface area contributed by atoms with Crippen molar-refractivity contribution in [3.05, 3.63) is 32.8 Å². The van der Waals surface area contributed by atoms with Gasteiger partial charge in [-0.05, 0) is 34.5 Å².